The molecule has 1 N–H and O–H groups in total. The normalized spacial score (nSPS) is 14.7. The second-order valence-corrected chi connectivity index (χ2v) is 6.88. The van der Waals surface area contributed by atoms with Gasteiger partial charge in [0.25, 0.3) is 11.8 Å². The minimum Gasteiger partial charge on any atom is -0.469 e. The van der Waals surface area contributed by atoms with Crippen molar-refractivity contribution in [1.29, 1.82) is 0 Å². The molecule has 2 aromatic rings. The van der Waals surface area contributed by atoms with Crippen molar-refractivity contribution in [2.24, 2.45) is 5.92 Å². The van der Waals surface area contributed by atoms with Crippen molar-refractivity contribution in [3.05, 3.63) is 52.2 Å². The molecule has 136 valence electrons. The average molecular weight is 372 g/mol. The third-order valence-electron chi connectivity index (χ3n) is 4.51. The smallest absolute Gasteiger partial charge is 0.308 e. The zero-order chi connectivity index (χ0) is 18.5. The van der Waals surface area contributed by atoms with Crippen molar-refractivity contribution in [2.75, 3.05) is 25.5 Å². The van der Waals surface area contributed by atoms with Gasteiger partial charge in [-0.15, -0.1) is 0 Å². The second-order valence-electron chi connectivity index (χ2n) is 6.10. The quantitative estimate of drug-likeness (QED) is 0.837. The molecule has 0 spiro atoms. The van der Waals surface area contributed by atoms with Crippen LogP contribution in [0.15, 0.2) is 41.1 Å². The standard InChI is InChI=1S/C19H20N2O4S/c1-25-19(24)13-6-9-21(10-7-13)18(23)15-4-2-3-5-16(15)20-17(22)14-8-11-26-12-14/h2-5,8,11-13H,6-7,9-10H2,1H3,(H,20,22). The lowest BCUT2D eigenvalue weighted by Crippen LogP contribution is -2.40. The number of carbonyl (C=O) groups is 3. The molecule has 0 unspecified atom stereocenters. The van der Waals surface area contributed by atoms with E-state index in [2.05, 4.69) is 5.32 Å². The van der Waals surface area contributed by atoms with Gasteiger partial charge in [0.15, 0.2) is 0 Å². The molecule has 0 aliphatic carbocycles. The number of benzene rings is 1. The summed E-state index contributed by atoms with van der Waals surface area (Å²) < 4.78 is 4.78. The highest BCUT2D eigenvalue weighted by Crippen LogP contribution is 2.23. The first kappa shape index (κ1) is 18.1. The largest absolute Gasteiger partial charge is 0.469 e. The molecule has 26 heavy (non-hydrogen) atoms. The zero-order valence-electron chi connectivity index (χ0n) is 14.4. The lowest BCUT2D eigenvalue weighted by atomic mass is 9.96. The van der Waals surface area contributed by atoms with E-state index < -0.39 is 0 Å². The molecule has 1 aliphatic heterocycles. The van der Waals surface area contributed by atoms with Crippen LogP contribution in [0, 0.1) is 5.92 Å². The Kier molecular flexibility index (Phi) is 5.68. The fraction of sp³-hybridized carbons (Fsp3) is 0.316. The van der Waals surface area contributed by atoms with Crippen LogP contribution < -0.4 is 5.32 Å². The Labute approximate surface area is 155 Å². The van der Waals surface area contributed by atoms with E-state index in [0.29, 0.717) is 42.7 Å². The highest BCUT2D eigenvalue weighted by Gasteiger charge is 2.29. The molecule has 2 amide bonds. The Bertz CT molecular complexity index is 796. The molecule has 1 aromatic carbocycles. The molecule has 1 aromatic heterocycles. The van der Waals surface area contributed by atoms with Crippen molar-refractivity contribution < 1.29 is 19.1 Å². The second kappa shape index (κ2) is 8.14. The van der Waals surface area contributed by atoms with Gasteiger partial charge in [-0.2, -0.15) is 11.3 Å². The first-order valence-electron chi connectivity index (χ1n) is 8.40. The van der Waals surface area contributed by atoms with Gasteiger partial charge in [0.2, 0.25) is 0 Å². The predicted molar refractivity (Wildman–Crippen MR) is 99.4 cm³/mol. The third kappa shape index (κ3) is 3.94. The third-order valence-corrected chi connectivity index (χ3v) is 5.19. The fourth-order valence-corrected chi connectivity index (χ4v) is 3.66. The van der Waals surface area contributed by atoms with E-state index in [0.717, 1.165) is 0 Å². The van der Waals surface area contributed by atoms with Gasteiger partial charge in [-0.05, 0) is 36.4 Å². The van der Waals surface area contributed by atoms with Crippen LogP contribution in [0.2, 0.25) is 0 Å². The maximum absolute atomic E-state index is 12.9. The first-order valence-corrected chi connectivity index (χ1v) is 9.34. The summed E-state index contributed by atoms with van der Waals surface area (Å²) >= 11 is 1.44. The summed E-state index contributed by atoms with van der Waals surface area (Å²) in [5, 5.41) is 6.41. The number of ether oxygens (including phenoxy) is 1. The lowest BCUT2D eigenvalue weighted by Gasteiger charge is -2.31. The van der Waals surface area contributed by atoms with Crippen LogP contribution in [0.1, 0.15) is 33.6 Å². The van der Waals surface area contributed by atoms with Gasteiger partial charge in [0.05, 0.1) is 29.8 Å². The molecule has 1 saturated heterocycles. The topological polar surface area (TPSA) is 75.7 Å². The van der Waals surface area contributed by atoms with Crippen LogP contribution in [0.5, 0.6) is 0 Å². The molecule has 3 rings (SSSR count). The van der Waals surface area contributed by atoms with Gasteiger partial charge in [-0.3, -0.25) is 14.4 Å². The molecule has 1 aliphatic rings. The molecule has 1 fully saturated rings. The van der Waals surface area contributed by atoms with Gasteiger partial charge in [0.1, 0.15) is 0 Å². The summed E-state index contributed by atoms with van der Waals surface area (Å²) in [5.74, 6) is -0.761. The first-order chi connectivity index (χ1) is 12.6. The van der Waals surface area contributed by atoms with Gasteiger partial charge in [-0.1, -0.05) is 12.1 Å². The highest BCUT2D eigenvalue weighted by atomic mass is 32.1. The molecule has 0 radical (unpaired) electrons. The van der Waals surface area contributed by atoms with E-state index >= 15 is 0 Å². The van der Waals surface area contributed by atoms with Gasteiger partial charge in [0, 0.05) is 18.5 Å². The van der Waals surface area contributed by atoms with E-state index in [-0.39, 0.29) is 23.7 Å². The van der Waals surface area contributed by atoms with Gasteiger partial charge in [-0.25, -0.2) is 0 Å². The van der Waals surface area contributed by atoms with Gasteiger partial charge < -0.3 is 15.0 Å². The summed E-state index contributed by atoms with van der Waals surface area (Å²) in [7, 11) is 1.38. The number of para-hydroxylation sites is 1. The SMILES string of the molecule is COC(=O)C1CCN(C(=O)c2ccccc2NC(=O)c2ccsc2)CC1. The van der Waals surface area contributed by atoms with E-state index in [4.69, 9.17) is 4.74 Å². The number of piperidine rings is 1. The minimum absolute atomic E-state index is 0.144. The number of hydrogen-bond acceptors (Lipinski definition) is 5. The lowest BCUT2D eigenvalue weighted by molar-refractivity contribution is -0.146. The predicted octanol–water partition coefficient (Wildman–Crippen LogP) is 3.03. The Morgan fingerprint density at radius 2 is 1.88 bits per heavy atom. The number of methoxy groups -OCH3 is 1. The number of thiophene rings is 1. The molecular formula is C19H20N2O4S. The molecule has 2 heterocycles. The van der Waals surface area contributed by atoms with Crippen molar-refractivity contribution in [3.8, 4) is 0 Å². The average Bonchev–Trinajstić information content (AvgIpc) is 3.22. The van der Waals surface area contributed by atoms with Crippen LogP contribution in [-0.4, -0.2) is 42.9 Å². The van der Waals surface area contributed by atoms with E-state index in [1.165, 1.54) is 18.4 Å². The zero-order valence-corrected chi connectivity index (χ0v) is 15.3. The number of likely N-dealkylation sites (tertiary alicyclic amines) is 1. The number of esters is 1. The minimum atomic E-state index is -0.240. The monoisotopic (exact) mass is 372 g/mol. The number of hydrogen-bond donors (Lipinski definition) is 1. The molecule has 6 nitrogen and oxygen atoms in total. The van der Waals surface area contributed by atoms with E-state index in [1.807, 2.05) is 5.38 Å². The summed E-state index contributed by atoms with van der Waals surface area (Å²) in [6.45, 7) is 0.983. The number of anilines is 1. The summed E-state index contributed by atoms with van der Waals surface area (Å²) in [6.07, 6.45) is 1.17. The molecule has 0 saturated carbocycles. The van der Waals surface area contributed by atoms with Gasteiger partial charge >= 0.3 is 5.97 Å². The van der Waals surface area contributed by atoms with Crippen molar-refractivity contribution in [3.63, 3.8) is 0 Å². The Morgan fingerprint density at radius 1 is 1.15 bits per heavy atom. The number of carbonyl (C=O) groups excluding carboxylic acids is 3. The Hall–Kier alpha value is -2.67. The molecule has 0 bridgehead atoms. The molecule has 0 atom stereocenters. The summed E-state index contributed by atoms with van der Waals surface area (Å²) in [4.78, 5) is 38.5. The van der Waals surface area contributed by atoms with Crippen LogP contribution >= 0.6 is 11.3 Å². The highest BCUT2D eigenvalue weighted by molar-refractivity contribution is 7.08. The Balaban J connectivity index is 1.70. The van der Waals surface area contributed by atoms with Crippen LogP contribution in [0.4, 0.5) is 5.69 Å². The van der Waals surface area contributed by atoms with E-state index in [1.54, 1.807) is 40.6 Å². The van der Waals surface area contributed by atoms with Crippen LogP contribution in [0.3, 0.4) is 0 Å². The maximum atomic E-state index is 12.9. The summed E-state index contributed by atoms with van der Waals surface area (Å²) in [6, 6.07) is 8.72. The van der Waals surface area contributed by atoms with Crippen molar-refractivity contribution in [2.45, 2.75) is 12.8 Å². The van der Waals surface area contributed by atoms with Crippen molar-refractivity contribution >= 4 is 34.8 Å². The van der Waals surface area contributed by atoms with E-state index in [9.17, 15) is 14.4 Å². The fourth-order valence-electron chi connectivity index (χ4n) is 3.02. The number of nitrogens with zero attached hydrogens (tertiary/aromatic N) is 1. The van der Waals surface area contributed by atoms with Crippen LogP contribution in [-0.2, 0) is 9.53 Å². The van der Waals surface area contributed by atoms with Crippen LogP contribution in [0.25, 0.3) is 0 Å². The Morgan fingerprint density at radius 3 is 2.54 bits per heavy atom. The number of rotatable bonds is 4. The molecule has 7 heteroatoms. The molecular weight excluding hydrogens is 352 g/mol. The number of nitrogens with one attached hydrogen (secondary N) is 1. The summed E-state index contributed by atoms with van der Waals surface area (Å²) in [5.41, 5.74) is 1.51. The van der Waals surface area contributed by atoms with Crippen molar-refractivity contribution in [1.82, 2.24) is 4.90 Å². The number of amides is 2. The maximum Gasteiger partial charge on any atom is 0.308 e.